The number of para-hydroxylation sites is 2. The predicted octanol–water partition coefficient (Wildman–Crippen LogP) is 4.59. The van der Waals surface area contributed by atoms with Gasteiger partial charge in [0.2, 0.25) is 0 Å². The first-order chi connectivity index (χ1) is 9.92. The van der Waals surface area contributed by atoms with Crippen molar-refractivity contribution >= 4 is 29.2 Å². The molecule has 1 aromatic rings. The van der Waals surface area contributed by atoms with Gasteiger partial charge in [0.1, 0.15) is 5.60 Å². The van der Waals surface area contributed by atoms with E-state index in [-0.39, 0.29) is 0 Å². The maximum Gasteiger partial charge on any atom is 0.412 e. The second kappa shape index (κ2) is 8.82. The third kappa shape index (κ3) is 7.85. The van der Waals surface area contributed by atoms with E-state index in [0.29, 0.717) is 0 Å². The van der Waals surface area contributed by atoms with Gasteiger partial charge in [-0.2, -0.15) is 11.8 Å². The van der Waals surface area contributed by atoms with Gasteiger partial charge in [-0.1, -0.05) is 12.1 Å². The van der Waals surface area contributed by atoms with Crippen molar-refractivity contribution in [2.75, 3.05) is 29.2 Å². The average molecular weight is 310 g/mol. The number of nitrogens with one attached hydrogen (secondary N) is 2. The van der Waals surface area contributed by atoms with Crippen molar-refractivity contribution in [3.8, 4) is 0 Å². The van der Waals surface area contributed by atoms with Crippen LogP contribution >= 0.6 is 11.8 Å². The minimum absolute atomic E-state index is 0.431. The normalized spacial score (nSPS) is 11.0. The molecule has 1 rings (SSSR count). The zero-order chi connectivity index (χ0) is 15.7. The third-order valence-electron chi connectivity index (χ3n) is 2.65. The Hall–Kier alpha value is -1.36. The maximum atomic E-state index is 11.8. The highest BCUT2D eigenvalue weighted by Crippen LogP contribution is 2.22. The lowest BCUT2D eigenvalue weighted by Crippen LogP contribution is -2.27. The smallest absolute Gasteiger partial charge is 0.412 e. The molecular weight excluding hydrogens is 284 g/mol. The number of amides is 1. The van der Waals surface area contributed by atoms with Crippen LogP contribution in [0.25, 0.3) is 0 Å². The lowest BCUT2D eigenvalue weighted by molar-refractivity contribution is 0.0636. The molecule has 1 aromatic carbocycles. The fourth-order valence-corrected chi connectivity index (χ4v) is 2.25. The summed E-state index contributed by atoms with van der Waals surface area (Å²) >= 11 is 1.86. The first-order valence-electron chi connectivity index (χ1n) is 7.24. The monoisotopic (exact) mass is 310 g/mol. The van der Waals surface area contributed by atoms with Crippen molar-refractivity contribution < 1.29 is 9.53 Å². The summed E-state index contributed by atoms with van der Waals surface area (Å²) in [5, 5.41) is 6.15. The minimum Gasteiger partial charge on any atom is -0.444 e. The summed E-state index contributed by atoms with van der Waals surface area (Å²) in [6.07, 6.45) is 3.99. The Morgan fingerprint density at radius 2 is 1.86 bits per heavy atom. The Balaban J connectivity index is 2.52. The van der Waals surface area contributed by atoms with Crippen molar-refractivity contribution in [3.05, 3.63) is 24.3 Å². The highest BCUT2D eigenvalue weighted by molar-refractivity contribution is 7.98. The van der Waals surface area contributed by atoms with Gasteiger partial charge in [-0.25, -0.2) is 4.79 Å². The van der Waals surface area contributed by atoms with E-state index in [1.165, 1.54) is 12.2 Å². The molecule has 0 fully saturated rings. The van der Waals surface area contributed by atoms with Crippen LogP contribution in [0.1, 0.15) is 33.6 Å². The van der Waals surface area contributed by atoms with Gasteiger partial charge < -0.3 is 10.1 Å². The van der Waals surface area contributed by atoms with Gasteiger partial charge in [-0.05, 0) is 57.8 Å². The summed E-state index contributed by atoms with van der Waals surface area (Å²) in [7, 11) is 0. The molecular formula is C16H26N2O2S. The molecule has 0 heterocycles. The molecule has 0 bridgehead atoms. The summed E-state index contributed by atoms with van der Waals surface area (Å²) < 4.78 is 5.27. The molecule has 4 nitrogen and oxygen atoms in total. The van der Waals surface area contributed by atoms with Crippen LogP contribution in [0.4, 0.5) is 16.2 Å². The molecule has 2 N–H and O–H groups in total. The van der Waals surface area contributed by atoms with Gasteiger partial charge in [0.05, 0.1) is 11.4 Å². The number of hydrogen-bond donors (Lipinski definition) is 2. The number of thioether (sulfide) groups is 1. The number of anilines is 2. The second-order valence-corrected chi connectivity index (χ2v) is 6.78. The molecule has 21 heavy (non-hydrogen) atoms. The molecule has 0 atom stereocenters. The van der Waals surface area contributed by atoms with Crippen LogP contribution in [-0.4, -0.2) is 30.2 Å². The minimum atomic E-state index is -0.496. The summed E-state index contributed by atoms with van der Waals surface area (Å²) in [6, 6.07) is 7.67. The topological polar surface area (TPSA) is 50.4 Å². The third-order valence-corrected chi connectivity index (χ3v) is 3.35. The van der Waals surface area contributed by atoms with Crippen LogP contribution in [0.2, 0.25) is 0 Å². The van der Waals surface area contributed by atoms with E-state index < -0.39 is 11.7 Å². The summed E-state index contributed by atoms with van der Waals surface area (Å²) in [5.74, 6) is 1.18. The van der Waals surface area contributed by atoms with E-state index in [2.05, 4.69) is 16.9 Å². The molecule has 0 saturated heterocycles. The standard InChI is InChI=1S/C16H26N2O2S/c1-16(2,3)20-15(19)18-14-10-6-5-9-13(14)17-11-7-8-12-21-4/h5-6,9-10,17H,7-8,11-12H2,1-4H3,(H,18,19). The Labute approximate surface area is 132 Å². The molecule has 0 aromatic heterocycles. The molecule has 1 amide bonds. The van der Waals surface area contributed by atoms with Crippen LogP contribution in [0.15, 0.2) is 24.3 Å². The number of hydrogen-bond acceptors (Lipinski definition) is 4. The number of benzene rings is 1. The largest absolute Gasteiger partial charge is 0.444 e. The lowest BCUT2D eigenvalue weighted by Gasteiger charge is -2.20. The van der Waals surface area contributed by atoms with Gasteiger partial charge in [0.25, 0.3) is 0 Å². The van der Waals surface area contributed by atoms with Crippen LogP contribution in [0.5, 0.6) is 0 Å². The molecule has 0 saturated carbocycles. The van der Waals surface area contributed by atoms with Crippen LogP contribution in [-0.2, 0) is 4.74 Å². The maximum absolute atomic E-state index is 11.8. The average Bonchev–Trinajstić information content (AvgIpc) is 2.38. The first kappa shape index (κ1) is 17.7. The van der Waals surface area contributed by atoms with E-state index in [1.807, 2.05) is 56.8 Å². The Kier molecular flexibility index (Phi) is 7.43. The number of ether oxygens (including phenoxy) is 1. The van der Waals surface area contributed by atoms with Gasteiger partial charge in [-0.15, -0.1) is 0 Å². The molecule has 0 unspecified atom stereocenters. The number of carbonyl (C=O) groups excluding carboxylic acids is 1. The van der Waals surface area contributed by atoms with Gasteiger partial charge in [0, 0.05) is 6.54 Å². The molecule has 0 spiro atoms. The molecule has 0 radical (unpaired) electrons. The van der Waals surface area contributed by atoms with Crippen molar-refractivity contribution in [2.24, 2.45) is 0 Å². The number of rotatable bonds is 7. The Morgan fingerprint density at radius 1 is 1.19 bits per heavy atom. The summed E-state index contributed by atoms with van der Waals surface area (Å²) in [5.41, 5.74) is 1.17. The number of unbranched alkanes of at least 4 members (excludes halogenated alkanes) is 1. The molecule has 118 valence electrons. The number of carbonyl (C=O) groups is 1. The van der Waals surface area contributed by atoms with Crippen LogP contribution in [0.3, 0.4) is 0 Å². The van der Waals surface area contributed by atoms with Crippen LogP contribution in [0, 0.1) is 0 Å². The SMILES string of the molecule is CSCCCCNc1ccccc1NC(=O)OC(C)(C)C. The second-order valence-electron chi connectivity index (χ2n) is 5.80. The van der Waals surface area contributed by atoms with E-state index in [4.69, 9.17) is 4.74 Å². The zero-order valence-electron chi connectivity index (χ0n) is 13.4. The van der Waals surface area contributed by atoms with Crippen molar-refractivity contribution in [3.63, 3.8) is 0 Å². The van der Waals surface area contributed by atoms with Gasteiger partial charge in [0.15, 0.2) is 0 Å². The molecule has 0 aliphatic rings. The van der Waals surface area contributed by atoms with E-state index in [9.17, 15) is 4.79 Å². The molecule has 0 aliphatic heterocycles. The predicted molar refractivity (Wildman–Crippen MR) is 92.4 cm³/mol. The summed E-state index contributed by atoms with van der Waals surface area (Å²) in [6.45, 7) is 6.45. The van der Waals surface area contributed by atoms with E-state index in [0.717, 1.165) is 24.3 Å². The van der Waals surface area contributed by atoms with E-state index in [1.54, 1.807) is 0 Å². The fraction of sp³-hybridized carbons (Fsp3) is 0.562. The molecule has 0 aliphatic carbocycles. The van der Waals surface area contributed by atoms with Crippen LogP contribution < -0.4 is 10.6 Å². The molecule has 5 heteroatoms. The first-order valence-corrected chi connectivity index (χ1v) is 8.63. The van der Waals surface area contributed by atoms with E-state index >= 15 is 0 Å². The highest BCUT2D eigenvalue weighted by atomic mass is 32.2. The van der Waals surface area contributed by atoms with Gasteiger partial charge >= 0.3 is 6.09 Å². The summed E-state index contributed by atoms with van der Waals surface area (Å²) in [4.78, 5) is 11.8. The van der Waals surface area contributed by atoms with Crippen molar-refractivity contribution in [1.82, 2.24) is 0 Å². The zero-order valence-corrected chi connectivity index (χ0v) is 14.2. The Morgan fingerprint density at radius 3 is 2.48 bits per heavy atom. The lowest BCUT2D eigenvalue weighted by atomic mass is 10.2. The quantitative estimate of drug-likeness (QED) is 0.723. The highest BCUT2D eigenvalue weighted by Gasteiger charge is 2.16. The van der Waals surface area contributed by atoms with Crippen molar-refractivity contribution in [2.45, 2.75) is 39.2 Å². The van der Waals surface area contributed by atoms with Gasteiger partial charge in [-0.3, -0.25) is 5.32 Å². The fourth-order valence-electron chi connectivity index (χ4n) is 1.75. The van der Waals surface area contributed by atoms with Crippen molar-refractivity contribution in [1.29, 1.82) is 0 Å². The Bertz CT molecular complexity index is 444.